The van der Waals surface area contributed by atoms with Crippen LogP contribution in [-0.4, -0.2) is 43.5 Å². The highest BCUT2D eigenvalue weighted by Gasteiger charge is 2.38. The van der Waals surface area contributed by atoms with Gasteiger partial charge in [-0.15, -0.1) is 5.10 Å². The van der Waals surface area contributed by atoms with Crippen molar-refractivity contribution >= 4 is 11.3 Å². The van der Waals surface area contributed by atoms with E-state index in [1.54, 1.807) is 17.1 Å². The van der Waals surface area contributed by atoms with Gasteiger partial charge in [0.1, 0.15) is 6.33 Å². The molecule has 1 unspecified atom stereocenters. The lowest BCUT2D eigenvalue weighted by Gasteiger charge is -2.26. The molecule has 1 aliphatic heterocycles. The van der Waals surface area contributed by atoms with Crippen LogP contribution >= 0.6 is 0 Å². The molecule has 182 valence electrons. The number of benzene rings is 2. The topological polar surface area (TPSA) is 86.5 Å². The molecule has 4 aromatic heterocycles. The van der Waals surface area contributed by atoms with E-state index in [-0.39, 0.29) is 5.92 Å². The van der Waals surface area contributed by atoms with Crippen LogP contribution in [0.2, 0.25) is 0 Å². The van der Waals surface area contributed by atoms with Crippen LogP contribution in [-0.2, 0) is 0 Å². The fourth-order valence-electron chi connectivity index (χ4n) is 4.93. The number of anilines is 1. The highest BCUT2D eigenvalue weighted by molar-refractivity contribution is 5.68. The second-order valence-electron chi connectivity index (χ2n) is 9.22. The first-order valence-corrected chi connectivity index (χ1v) is 12.0. The van der Waals surface area contributed by atoms with E-state index < -0.39 is 0 Å². The van der Waals surface area contributed by atoms with Crippen molar-refractivity contribution in [2.24, 2.45) is 0 Å². The van der Waals surface area contributed by atoms with Gasteiger partial charge in [-0.25, -0.2) is 19.2 Å². The van der Waals surface area contributed by atoms with Crippen LogP contribution in [0.25, 0.3) is 22.9 Å². The molecule has 9 heteroatoms. The van der Waals surface area contributed by atoms with Gasteiger partial charge < -0.3 is 14.1 Å². The Hall–Kier alpha value is -4.92. The molecule has 0 aliphatic carbocycles. The average Bonchev–Trinajstić information content (AvgIpc) is 3.67. The molecule has 37 heavy (non-hydrogen) atoms. The van der Waals surface area contributed by atoms with Gasteiger partial charge in [0.15, 0.2) is 11.4 Å². The lowest BCUT2D eigenvalue weighted by atomic mass is 9.84. The zero-order valence-corrected chi connectivity index (χ0v) is 20.5. The predicted molar refractivity (Wildman–Crippen MR) is 139 cm³/mol. The second-order valence-corrected chi connectivity index (χ2v) is 9.22. The summed E-state index contributed by atoms with van der Waals surface area (Å²) >= 11 is 0. The third kappa shape index (κ3) is 3.31. The fraction of sp³-hybridized carbons (Fsp3) is 0.143. The minimum absolute atomic E-state index is 0.211. The van der Waals surface area contributed by atoms with E-state index >= 15 is 0 Å². The first-order chi connectivity index (χ1) is 18.1. The maximum atomic E-state index is 6.48. The Kier molecular flexibility index (Phi) is 4.65. The molecule has 1 aliphatic rings. The zero-order chi connectivity index (χ0) is 25.1. The van der Waals surface area contributed by atoms with Crippen molar-refractivity contribution in [1.82, 2.24) is 29.4 Å². The maximum absolute atomic E-state index is 6.48. The van der Waals surface area contributed by atoms with E-state index in [1.807, 2.05) is 68.2 Å². The van der Waals surface area contributed by atoms with Gasteiger partial charge in [0.05, 0.1) is 34.7 Å². The third-order valence-corrected chi connectivity index (χ3v) is 6.71. The third-order valence-electron chi connectivity index (χ3n) is 6.71. The Morgan fingerprint density at radius 3 is 2.43 bits per heavy atom. The van der Waals surface area contributed by atoms with E-state index in [0.717, 1.165) is 33.8 Å². The highest BCUT2D eigenvalue weighted by atomic mass is 16.5. The van der Waals surface area contributed by atoms with E-state index in [2.05, 4.69) is 39.2 Å². The van der Waals surface area contributed by atoms with E-state index in [9.17, 15) is 0 Å². The molecule has 9 nitrogen and oxygen atoms in total. The zero-order valence-electron chi connectivity index (χ0n) is 20.5. The first-order valence-electron chi connectivity index (χ1n) is 12.0. The number of rotatable bonds is 4. The molecule has 0 radical (unpaired) electrons. The Labute approximate surface area is 212 Å². The van der Waals surface area contributed by atoms with Crippen molar-refractivity contribution in [2.75, 3.05) is 19.0 Å². The van der Waals surface area contributed by atoms with Crippen LogP contribution in [0.5, 0.6) is 11.8 Å². The standard InChI is InChI=1S/C28H23N7O2/c1-17-22-23(18-11-13-19(14-12-18)33(2)3)24-26-30-25(21-10-7-15-36-21)32-34(26)16-29-27(24)37-28(22)35(31-17)20-8-5-4-6-9-20/h4-16,23H,1-3H3. The minimum Gasteiger partial charge on any atom is -0.461 e. The molecule has 0 N–H and O–H groups in total. The monoisotopic (exact) mass is 489 g/mol. The van der Waals surface area contributed by atoms with Gasteiger partial charge in [0.25, 0.3) is 0 Å². The second kappa shape index (κ2) is 8.06. The number of ether oxygens (including phenoxy) is 1. The van der Waals surface area contributed by atoms with Gasteiger partial charge in [-0.2, -0.15) is 5.10 Å². The number of nitrogens with zero attached hydrogens (tertiary/aromatic N) is 7. The molecule has 0 saturated heterocycles. The number of aromatic nitrogens is 6. The van der Waals surface area contributed by atoms with Crippen molar-refractivity contribution in [3.8, 4) is 29.0 Å². The minimum atomic E-state index is -0.211. The summed E-state index contributed by atoms with van der Waals surface area (Å²) in [5, 5.41) is 9.52. The van der Waals surface area contributed by atoms with Gasteiger partial charge in [0.2, 0.25) is 17.6 Å². The summed E-state index contributed by atoms with van der Waals surface area (Å²) in [6.07, 6.45) is 3.24. The molecule has 1 atom stereocenters. The van der Waals surface area contributed by atoms with E-state index in [4.69, 9.17) is 19.2 Å². The van der Waals surface area contributed by atoms with E-state index in [0.29, 0.717) is 29.0 Å². The first kappa shape index (κ1) is 21.4. The Bertz CT molecular complexity index is 1730. The predicted octanol–water partition coefficient (Wildman–Crippen LogP) is 5.23. The number of hydrogen-bond acceptors (Lipinski definition) is 7. The quantitative estimate of drug-likeness (QED) is 0.335. The maximum Gasteiger partial charge on any atom is 0.230 e. The number of fused-ring (bicyclic) bond motifs is 4. The summed E-state index contributed by atoms with van der Waals surface area (Å²) in [6, 6.07) is 22.2. The van der Waals surface area contributed by atoms with Crippen molar-refractivity contribution in [1.29, 1.82) is 0 Å². The Balaban J connectivity index is 1.49. The molecule has 7 rings (SSSR count). The van der Waals surface area contributed by atoms with Crippen molar-refractivity contribution in [3.63, 3.8) is 0 Å². The summed E-state index contributed by atoms with van der Waals surface area (Å²) < 4.78 is 15.6. The molecule has 0 saturated carbocycles. The van der Waals surface area contributed by atoms with Crippen LogP contribution in [0.1, 0.15) is 28.3 Å². The highest BCUT2D eigenvalue weighted by Crippen LogP contribution is 2.49. The van der Waals surface area contributed by atoms with Crippen LogP contribution in [0, 0.1) is 6.92 Å². The number of furan rings is 1. The van der Waals surface area contributed by atoms with Crippen LogP contribution in [0.15, 0.2) is 83.7 Å². The number of para-hydroxylation sites is 1. The summed E-state index contributed by atoms with van der Waals surface area (Å²) in [4.78, 5) is 11.6. The molecule has 0 fully saturated rings. The van der Waals surface area contributed by atoms with Crippen LogP contribution < -0.4 is 9.64 Å². The van der Waals surface area contributed by atoms with Gasteiger partial charge in [0, 0.05) is 19.8 Å². The molecule has 2 aromatic carbocycles. The van der Waals surface area contributed by atoms with Crippen molar-refractivity contribution in [3.05, 3.63) is 102 Å². The summed E-state index contributed by atoms with van der Waals surface area (Å²) in [6.45, 7) is 2.01. The Morgan fingerprint density at radius 2 is 1.70 bits per heavy atom. The van der Waals surface area contributed by atoms with Gasteiger partial charge in [-0.3, -0.25) is 0 Å². The lowest BCUT2D eigenvalue weighted by Crippen LogP contribution is -2.16. The largest absolute Gasteiger partial charge is 0.461 e. The molecular weight excluding hydrogens is 466 g/mol. The van der Waals surface area contributed by atoms with Gasteiger partial charge in [-0.05, 0) is 48.9 Å². The molecular formula is C28H23N7O2. The van der Waals surface area contributed by atoms with Crippen molar-refractivity contribution in [2.45, 2.75) is 12.8 Å². The van der Waals surface area contributed by atoms with E-state index in [1.165, 1.54) is 0 Å². The van der Waals surface area contributed by atoms with Gasteiger partial charge >= 0.3 is 0 Å². The summed E-state index contributed by atoms with van der Waals surface area (Å²) in [5.74, 6) is 2.01. The van der Waals surface area contributed by atoms with Gasteiger partial charge in [-0.1, -0.05) is 30.3 Å². The summed E-state index contributed by atoms with van der Waals surface area (Å²) in [5.41, 5.74) is 6.48. The molecule has 0 bridgehead atoms. The molecule has 0 spiro atoms. The normalized spacial score (nSPS) is 14.3. The lowest BCUT2D eigenvalue weighted by molar-refractivity contribution is 0.402. The average molecular weight is 490 g/mol. The summed E-state index contributed by atoms with van der Waals surface area (Å²) in [7, 11) is 4.06. The SMILES string of the molecule is Cc1nn(-c2ccccc2)c2c1C(c1ccc(N(C)C)cc1)c1c(ncn3nc(-c4ccco4)nc13)O2. The smallest absolute Gasteiger partial charge is 0.230 e. The molecule has 6 aromatic rings. The van der Waals surface area contributed by atoms with Crippen LogP contribution in [0.4, 0.5) is 5.69 Å². The number of hydrogen-bond donors (Lipinski definition) is 0. The molecule has 5 heterocycles. The molecule has 0 amide bonds. The van der Waals surface area contributed by atoms with Crippen LogP contribution in [0.3, 0.4) is 0 Å². The van der Waals surface area contributed by atoms with Crippen molar-refractivity contribution < 1.29 is 9.15 Å². The number of aryl methyl sites for hydroxylation is 1. The Morgan fingerprint density at radius 1 is 0.892 bits per heavy atom. The fourth-order valence-corrected chi connectivity index (χ4v) is 4.93.